The minimum Gasteiger partial charge on any atom is -0.293 e. The van der Waals surface area contributed by atoms with Gasteiger partial charge in [-0.05, 0) is 60.7 Å². The fourth-order valence-corrected chi connectivity index (χ4v) is 4.18. The normalized spacial score (nSPS) is 25.8. The molecule has 22 heavy (non-hydrogen) atoms. The number of nitrogens with zero attached hydrogens (tertiary/aromatic N) is 5. The summed E-state index contributed by atoms with van der Waals surface area (Å²) in [5, 5.41) is 12.4. The van der Waals surface area contributed by atoms with E-state index in [0.717, 1.165) is 30.0 Å². The van der Waals surface area contributed by atoms with Crippen LogP contribution in [0.2, 0.25) is 0 Å². The van der Waals surface area contributed by atoms with Gasteiger partial charge in [0, 0.05) is 6.04 Å². The minimum absolute atomic E-state index is 0.739. The van der Waals surface area contributed by atoms with Gasteiger partial charge in [-0.2, -0.15) is 4.68 Å². The molecule has 1 aromatic carbocycles. The van der Waals surface area contributed by atoms with Gasteiger partial charge in [-0.25, -0.2) is 0 Å². The van der Waals surface area contributed by atoms with Crippen LogP contribution in [0.25, 0.3) is 5.69 Å². The number of hydrogen-bond donors (Lipinski definition) is 0. The molecular weight excluding hydrogens is 274 g/mol. The highest BCUT2D eigenvalue weighted by molar-refractivity contribution is 5.30. The molecule has 1 saturated heterocycles. The predicted octanol–water partition coefficient (Wildman–Crippen LogP) is 2.82. The van der Waals surface area contributed by atoms with Crippen LogP contribution in [0.3, 0.4) is 0 Å². The maximum atomic E-state index is 4.28. The molecule has 2 fully saturated rings. The number of hydrogen-bond acceptors (Lipinski definition) is 4. The van der Waals surface area contributed by atoms with Gasteiger partial charge < -0.3 is 0 Å². The third-order valence-electron chi connectivity index (χ3n) is 5.24. The Bertz CT molecular complexity index is 607. The van der Waals surface area contributed by atoms with Crippen molar-refractivity contribution < 1.29 is 0 Å². The fourth-order valence-electron chi connectivity index (χ4n) is 4.18. The van der Waals surface area contributed by atoms with Crippen LogP contribution >= 0.6 is 0 Å². The van der Waals surface area contributed by atoms with E-state index >= 15 is 0 Å². The van der Waals surface area contributed by atoms with Gasteiger partial charge in [-0.1, -0.05) is 31.0 Å². The zero-order valence-electron chi connectivity index (χ0n) is 12.9. The van der Waals surface area contributed by atoms with Gasteiger partial charge in [-0.3, -0.25) is 4.90 Å². The molecule has 0 bridgehead atoms. The molecule has 1 aliphatic heterocycles. The monoisotopic (exact) mass is 297 g/mol. The maximum absolute atomic E-state index is 4.28. The summed E-state index contributed by atoms with van der Waals surface area (Å²) in [6, 6.07) is 10.9. The summed E-state index contributed by atoms with van der Waals surface area (Å²) in [5.41, 5.74) is 1.04. The van der Waals surface area contributed by atoms with Crippen LogP contribution in [-0.2, 0) is 6.54 Å². The summed E-state index contributed by atoms with van der Waals surface area (Å²) >= 11 is 0. The number of tetrazole rings is 1. The average Bonchev–Trinajstić information content (AvgIpc) is 3.04. The molecule has 5 heteroatoms. The first-order valence-corrected chi connectivity index (χ1v) is 8.48. The van der Waals surface area contributed by atoms with Crippen molar-refractivity contribution in [3.8, 4) is 5.69 Å². The Balaban J connectivity index is 1.55. The zero-order chi connectivity index (χ0) is 14.8. The lowest BCUT2D eigenvalue weighted by molar-refractivity contribution is 0.0521. The van der Waals surface area contributed by atoms with Crippen molar-refractivity contribution in [1.29, 1.82) is 0 Å². The molecule has 1 saturated carbocycles. The molecule has 0 radical (unpaired) electrons. The number of para-hydroxylation sites is 1. The molecule has 116 valence electrons. The molecule has 1 aromatic heterocycles. The third kappa shape index (κ3) is 2.65. The molecular formula is C17H23N5. The van der Waals surface area contributed by atoms with Crippen molar-refractivity contribution in [3.63, 3.8) is 0 Å². The van der Waals surface area contributed by atoms with Crippen LogP contribution < -0.4 is 0 Å². The second-order valence-electron chi connectivity index (χ2n) is 6.57. The van der Waals surface area contributed by atoms with E-state index in [2.05, 4.69) is 32.6 Å². The molecule has 4 rings (SSSR count). The fraction of sp³-hybridized carbons (Fsp3) is 0.588. The predicted molar refractivity (Wildman–Crippen MR) is 84.5 cm³/mol. The van der Waals surface area contributed by atoms with E-state index in [1.54, 1.807) is 0 Å². The highest BCUT2D eigenvalue weighted by Crippen LogP contribution is 2.35. The number of rotatable bonds is 3. The van der Waals surface area contributed by atoms with Crippen molar-refractivity contribution in [2.75, 3.05) is 6.54 Å². The number of aromatic nitrogens is 4. The first kappa shape index (κ1) is 13.9. The molecule has 5 nitrogen and oxygen atoms in total. The standard InChI is InChI=1S/C17H23N5/c1-2-9-15(10-3-1)22-17(18-19-20-22)13-21-12-6-8-14-7-4-5-11-16(14)21/h1-3,9-10,14,16H,4-8,11-13H2. The number of fused-ring (bicyclic) bond motifs is 1. The average molecular weight is 297 g/mol. The van der Waals surface area contributed by atoms with Crippen LogP contribution in [0.5, 0.6) is 0 Å². The minimum atomic E-state index is 0.739. The molecule has 0 spiro atoms. The van der Waals surface area contributed by atoms with Crippen molar-refractivity contribution >= 4 is 0 Å². The molecule has 2 aliphatic rings. The smallest absolute Gasteiger partial charge is 0.170 e. The molecule has 2 unspecified atom stereocenters. The molecule has 1 aliphatic carbocycles. The Morgan fingerprint density at radius 2 is 1.82 bits per heavy atom. The highest BCUT2D eigenvalue weighted by atomic mass is 15.5. The number of likely N-dealkylation sites (tertiary alicyclic amines) is 1. The topological polar surface area (TPSA) is 46.8 Å². The van der Waals surface area contributed by atoms with Gasteiger partial charge in [0.1, 0.15) is 0 Å². The lowest BCUT2D eigenvalue weighted by Gasteiger charge is -2.43. The SMILES string of the molecule is c1ccc(-n2nnnc2CN2CCCC3CCCCC32)cc1. The maximum Gasteiger partial charge on any atom is 0.170 e. The van der Waals surface area contributed by atoms with Crippen LogP contribution in [0.15, 0.2) is 30.3 Å². The van der Waals surface area contributed by atoms with E-state index in [1.807, 2.05) is 22.9 Å². The molecule has 0 amide bonds. The van der Waals surface area contributed by atoms with Crippen LogP contribution in [0, 0.1) is 5.92 Å². The molecule has 2 heterocycles. The molecule has 2 atom stereocenters. The van der Waals surface area contributed by atoms with E-state index in [1.165, 1.54) is 45.1 Å². The van der Waals surface area contributed by atoms with E-state index in [0.29, 0.717) is 0 Å². The summed E-state index contributed by atoms with van der Waals surface area (Å²) in [6.07, 6.45) is 8.26. The van der Waals surface area contributed by atoms with Crippen LogP contribution in [0.1, 0.15) is 44.3 Å². The Hall–Kier alpha value is -1.75. The Morgan fingerprint density at radius 1 is 1.00 bits per heavy atom. The van der Waals surface area contributed by atoms with Gasteiger partial charge in [0.15, 0.2) is 5.82 Å². The quantitative estimate of drug-likeness (QED) is 0.874. The summed E-state index contributed by atoms with van der Waals surface area (Å²) in [6.45, 7) is 2.05. The molecule has 0 N–H and O–H groups in total. The first-order chi connectivity index (χ1) is 10.9. The van der Waals surface area contributed by atoms with Crippen molar-refractivity contribution in [1.82, 2.24) is 25.1 Å². The third-order valence-corrected chi connectivity index (χ3v) is 5.24. The Labute approximate surface area is 131 Å². The van der Waals surface area contributed by atoms with Gasteiger partial charge in [0.2, 0.25) is 0 Å². The van der Waals surface area contributed by atoms with Crippen LogP contribution in [-0.4, -0.2) is 37.7 Å². The summed E-state index contributed by atoms with van der Waals surface area (Å²) in [7, 11) is 0. The highest BCUT2D eigenvalue weighted by Gasteiger charge is 2.33. The lowest BCUT2D eigenvalue weighted by atomic mass is 9.78. The van der Waals surface area contributed by atoms with E-state index in [-0.39, 0.29) is 0 Å². The summed E-state index contributed by atoms with van der Waals surface area (Å²) in [4.78, 5) is 2.62. The summed E-state index contributed by atoms with van der Waals surface area (Å²) in [5.74, 6) is 1.85. The molecule has 2 aromatic rings. The number of piperidine rings is 1. The lowest BCUT2D eigenvalue weighted by Crippen LogP contribution is -2.46. The van der Waals surface area contributed by atoms with Gasteiger partial charge in [0.05, 0.1) is 12.2 Å². The Kier molecular flexibility index (Phi) is 3.89. The van der Waals surface area contributed by atoms with Crippen molar-refractivity contribution in [3.05, 3.63) is 36.2 Å². The first-order valence-electron chi connectivity index (χ1n) is 8.48. The number of benzene rings is 1. The van der Waals surface area contributed by atoms with Gasteiger partial charge in [0.25, 0.3) is 0 Å². The van der Waals surface area contributed by atoms with E-state index in [9.17, 15) is 0 Å². The van der Waals surface area contributed by atoms with Crippen molar-refractivity contribution in [2.24, 2.45) is 5.92 Å². The van der Waals surface area contributed by atoms with E-state index < -0.39 is 0 Å². The van der Waals surface area contributed by atoms with Gasteiger partial charge in [-0.15, -0.1) is 5.10 Å². The zero-order valence-corrected chi connectivity index (χ0v) is 12.9. The van der Waals surface area contributed by atoms with Crippen molar-refractivity contribution in [2.45, 2.75) is 51.1 Å². The van der Waals surface area contributed by atoms with E-state index in [4.69, 9.17) is 0 Å². The second-order valence-corrected chi connectivity index (χ2v) is 6.57. The second kappa shape index (κ2) is 6.16. The Morgan fingerprint density at radius 3 is 2.73 bits per heavy atom. The van der Waals surface area contributed by atoms with Crippen LogP contribution in [0.4, 0.5) is 0 Å². The summed E-state index contributed by atoms with van der Waals surface area (Å²) < 4.78 is 1.88. The largest absolute Gasteiger partial charge is 0.293 e. The van der Waals surface area contributed by atoms with Gasteiger partial charge >= 0.3 is 0 Å².